The van der Waals surface area contributed by atoms with E-state index in [-0.39, 0.29) is 16.8 Å². The number of likely N-dealkylation sites (tertiary alicyclic amines) is 1. The maximum Gasteiger partial charge on any atom is 0.324 e. The molecule has 138 valence electrons. The number of thiophene rings is 1. The lowest BCUT2D eigenvalue weighted by atomic mass is 9.97. The van der Waals surface area contributed by atoms with Gasteiger partial charge in [-0.15, -0.1) is 10.2 Å². The van der Waals surface area contributed by atoms with Gasteiger partial charge in [0.25, 0.3) is 5.91 Å². The summed E-state index contributed by atoms with van der Waals surface area (Å²) in [5.74, 6) is 2.12. The third-order valence-electron chi connectivity index (χ3n) is 5.19. The molecule has 26 heavy (non-hydrogen) atoms. The molecule has 2 aromatic heterocycles. The zero-order chi connectivity index (χ0) is 18.1. The molecule has 0 aliphatic carbocycles. The summed E-state index contributed by atoms with van der Waals surface area (Å²) in [5, 5.41) is 19.7. The van der Waals surface area contributed by atoms with E-state index in [9.17, 15) is 14.9 Å². The Labute approximate surface area is 155 Å². The van der Waals surface area contributed by atoms with Gasteiger partial charge in [-0.1, -0.05) is 17.8 Å². The Hall–Kier alpha value is -2.29. The number of nitrogens with zero attached hydrogens (tertiary/aromatic N) is 5. The average molecular weight is 375 g/mol. The van der Waals surface area contributed by atoms with Crippen LogP contribution in [0.3, 0.4) is 0 Å². The zero-order valence-corrected chi connectivity index (χ0v) is 15.3. The van der Waals surface area contributed by atoms with Gasteiger partial charge in [0, 0.05) is 38.0 Å². The maximum atomic E-state index is 12.8. The molecule has 4 rings (SSSR count). The highest BCUT2D eigenvalue weighted by Crippen LogP contribution is 2.31. The van der Waals surface area contributed by atoms with Crippen LogP contribution >= 0.6 is 11.3 Å². The standard InChI is InChI=1S/C17H21N5O3S/c23-17(13-7-8-15(26-13)22(24)25)20-9-4-5-12(11-20)16-19-18-14-6-2-1-3-10-21(14)16/h7-8,12H,1-6,9-11H2. The molecule has 1 saturated heterocycles. The van der Waals surface area contributed by atoms with Crippen LogP contribution in [0, 0.1) is 10.1 Å². The summed E-state index contributed by atoms with van der Waals surface area (Å²) < 4.78 is 2.25. The summed E-state index contributed by atoms with van der Waals surface area (Å²) in [5.41, 5.74) is 0. The molecule has 9 heteroatoms. The summed E-state index contributed by atoms with van der Waals surface area (Å²) in [4.78, 5) is 25.4. The zero-order valence-electron chi connectivity index (χ0n) is 14.5. The fourth-order valence-electron chi connectivity index (χ4n) is 3.88. The summed E-state index contributed by atoms with van der Waals surface area (Å²) in [6.45, 7) is 2.24. The Balaban J connectivity index is 1.51. The second-order valence-corrected chi connectivity index (χ2v) is 7.98. The van der Waals surface area contributed by atoms with E-state index in [0.29, 0.717) is 18.0 Å². The minimum Gasteiger partial charge on any atom is -0.337 e. The number of aryl methyl sites for hydroxylation is 1. The lowest BCUT2D eigenvalue weighted by Crippen LogP contribution is -2.39. The van der Waals surface area contributed by atoms with Crippen molar-refractivity contribution in [1.82, 2.24) is 19.7 Å². The van der Waals surface area contributed by atoms with Crippen molar-refractivity contribution in [2.45, 2.75) is 51.0 Å². The Morgan fingerprint density at radius 1 is 1.19 bits per heavy atom. The summed E-state index contributed by atoms with van der Waals surface area (Å²) in [7, 11) is 0. The van der Waals surface area contributed by atoms with Crippen molar-refractivity contribution in [1.29, 1.82) is 0 Å². The normalized spacial score (nSPS) is 20.5. The number of nitro groups is 1. The lowest BCUT2D eigenvalue weighted by Gasteiger charge is -2.32. The van der Waals surface area contributed by atoms with E-state index in [2.05, 4.69) is 14.8 Å². The Morgan fingerprint density at radius 3 is 2.88 bits per heavy atom. The molecule has 2 aromatic rings. The van der Waals surface area contributed by atoms with Gasteiger partial charge in [0.15, 0.2) is 0 Å². The Bertz CT molecular complexity index is 830. The summed E-state index contributed by atoms with van der Waals surface area (Å²) in [6.07, 6.45) is 6.39. The first-order valence-corrected chi connectivity index (χ1v) is 9.90. The van der Waals surface area contributed by atoms with Crippen LogP contribution in [0.1, 0.15) is 59.3 Å². The van der Waals surface area contributed by atoms with Crippen LogP contribution in [0.2, 0.25) is 0 Å². The van der Waals surface area contributed by atoms with Crippen molar-refractivity contribution < 1.29 is 9.72 Å². The van der Waals surface area contributed by atoms with Gasteiger partial charge in [-0.2, -0.15) is 0 Å². The first kappa shape index (κ1) is 17.1. The van der Waals surface area contributed by atoms with E-state index in [1.165, 1.54) is 12.5 Å². The van der Waals surface area contributed by atoms with Gasteiger partial charge >= 0.3 is 5.00 Å². The van der Waals surface area contributed by atoms with Gasteiger partial charge in [-0.25, -0.2) is 0 Å². The minimum absolute atomic E-state index is 0.00434. The van der Waals surface area contributed by atoms with Crippen molar-refractivity contribution in [3.8, 4) is 0 Å². The molecule has 0 spiro atoms. The van der Waals surface area contributed by atoms with Gasteiger partial charge in [0.2, 0.25) is 0 Å². The topological polar surface area (TPSA) is 94.2 Å². The van der Waals surface area contributed by atoms with Crippen LogP contribution in [-0.2, 0) is 13.0 Å². The first-order chi connectivity index (χ1) is 12.6. The molecular weight excluding hydrogens is 354 g/mol. The molecule has 0 radical (unpaired) electrons. The lowest BCUT2D eigenvalue weighted by molar-refractivity contribution is -0.380. The van der Waals surface area contributed by atoms with Crippen molar-refractivity contribution in [3.63, 3.8) is 0 Å². The number of aromatic nitrogens is 3. The predicted octanol–water partition coefficient (Wildman–Crippen LogP) is 2.99. The molecule has 0 N–H and O–H groups in total. The van der Waals surface area contributed by atoms with Crippen molar-refractivity contribution in [2.24, 2.45) is 0 Å². The van der Waals surface area contributed by atoms with E-state index in [1.807, 2.05) is 4.90 Å². The second-order valence-electron chi connectivity index (χ2n) is 6.92. The molecule has 1 amide bonds. The number of amides is 1. The molecule has 0 aromatic carbocycles. The molecule has 2 aliphatic heterocycles. The monoisotopic (exact) mass is 375 g/mol. The van der Waals surface area contributed by atoms with Crippen LogP contribution in [0.25, 0.3) is 0 Å². The fraction of sp³-hybridized carbons (Fsp3) is 0.588. The highest BCUT2D eigenvalue weighted by Gasteiger charge is 2.30. The summed E-state index contributed by atoms with van der Waals surface area (Å²) in [6, 6.07) is 2.95. The van der Waals surface area contributed by atoms with Crippen molar-refractivity contribution >= 4 is 22.2 Å². The van der Waals surface area contributed by atoms with E-state index < -0.39 is 4.92 Å². The predicted molar refractivity (Wildman–Crippen MR) is 96.4 cm³/mol. The number of rotatable bonds is 3. The van der Waals surface area contributed by atoms with Crippen LogP contribution in [0.15, 0.2) is 12.1 Å². The van der Waals surface area contributed by atoms with E-state index in [4.69, 9.17) is 0 Å². The number of hydrogen-bond donors (Lipinski definition) is 0. The molecule has 0 saturated carbocycles. The van der Waals surface area contributed by atoms with Crippen LogP contribution in [-0.4, -0.2) is 43.6 Å². The molecule has 1 fully saturated rings. The van der Waals surface area contributed by atoms with Crippen LogP contribution < -0.4 is 0 Å². The van der Waals surface area contributed by atoms with E-state index >= 15 is 0 Å². The first-order valence-electron chi connectivity index (χ1n) is 9.09. The molecular formula is C17H21N5O3S. The molecule has 0 bridgehead atoms. The maximum absolute atomic E-state index is 12.8. The van der Waals surface area contributed by atoms with Crippen LogP contribution in [0.4, 0.5) is 5.00 Å². The number of carbonyl (C=O) groups excluding carboxylic acids is 1. The average Bonchev–Trinajstić information content (AvgIpc) is 3.24. The van der Waals surface area contributed by atoms with Gasteiger partial charge in [-0.3, -0.25) is 14.9 Å². The van der Waals surface area contributed by atoms with Crippen LogP contribution in [0.5, 0.6) is 0 Å². The van der Waals surface area contributed by atoms with E-state index in [1.54, 1.807) is 6.07 Å². The Kier molecular flexibility index (Phi) is 4.71. The third-order valence-corrected chi connectivity index (χ3v) is 6.22. The number of fused-ring (bicyclic) bond motifs is 1. The van der Waals surface area contributed by atoms with Gasteiger partial charge in [0.05, 0.1) is 9.80 Å². The van der Waals surface area contributed by atoms with Crippen molar-refractivity contribution in [2.75, 3.05) is 13.1 Å². The van der Waals surface area contributed by atoms with Gasteiger partial charge in [-0.05, 0) is 31.7 Å². The smallest absolute Gasteiger partial charge is 0.324 e. The quantitative estimate of drug-likeness (QED) is 0.607. The van der Waals surface area contributed by atoms with Gasteiger partial charge in [0.1, 0.15) is 11.6 Å². The van der Waals surface area contributed by atoms with E-state index in [0.717, 1.165) is 61.6 Å². The molecule has 2 aliphatic rings. The highest BCUT2D eigenvalue weighted by molar-refractivity contribution is 7.17. The largest absolute Gasteiger partial charge is 0.337 e. The number of carbonyl (C=O) groups is 1. The molecule has 1 unspecified atom stereocenters. The molecule has 1 atom stereocenters. The minimum atomic E-state index is -0.452. The van der Waals surface area contributed by atoms with Crippen molar-refractivity contribution in [3.05, 3.63) is 38.8 Å². The third kappa shape index (κ3) is 3.23. The second kappa shape index (κ2) is 7.14. The van der Waals surface area contributed by atoms with Gasteiger partial charge < -0.3 is 9.47 Å². The molecule has 8 nitrogen and oxygen atoms in total. The number of hydrogen-bond acceptors (Lipinski definition) is 6. The molecule has 4 heterocycles. The fourth-order valence-corrected chi connectivity index (χ4v) is 4.67. The summed E-state index contributed by atoms with van der Waals surface area (Å²) >= 11 is 0.944. The Morgan fingerprint density at radius 2 is 2.08 bits per heavy atom. The highest BCUT2D eigenvalue weighted by atomic mass is 32.1. The SMILES string of the molecule is O=C(c1ccc([N+](=O)[O-])s1)N1CCCC(c2nnc3n2CCCCC3)C1. The number of piperidine rings is 1.